The number of Topliss-reactive ketones (excluding diaryl/α,β-unsaturated/α-hetero) is 1. The number of carbonyl (C=O) groups is 2. The highest BCUT2D eigenvalue weighted by molar-refractivity contribution is 6.51. The summed E-state index contributed by atoms with van der Waals surface area (Å²) in [6.45, 7) is 4.61. The van der Waals surface area contributed by atoms with Crippen molar-refractivity contribution in [3.63, 3.8) is 0 Å². The van der Waals surface area contributed by atoms with Crippen LogP contribution in [0.3, 0.4) is 0 Å². The maximum Gasteiger partial charge on any atom is 0.300 e. The summed E-state index contributed by atoms with van der Waals surface area (Å²) in [7, 11) is 0. The van der Waals surface area contributed by atoms with E-state index in [1.807, 2.05) is 19.9 Å². The molecule has 4 rings (SSSR count). The minimum absolute atomic E-state index is 0.0113. The van der Waals surface area contributed by atoms with Crippen molar-refractivity contribution in [2.24, 2.45) is 0 Å². The van der Waals surface area contributed by atoms with Crippen LogP contribution in [0.15, 0.2) is 78.4 Å². The molecule has 3 aromatic rings. The topological polar surface area (TPSA) is 76.1 Å². The molecule has 3 aromatic carbocycles. The molecule has 1 heterocycles. The van der Waals surface area contributed by atoms with E-state index in [1.54, 1.807) is 66.7 Å². The minimum Gasteiger partial charge on any atom is -0.507 e. The number of ketones is 1. The average Bonchev–Trinajstić information content (AvgIpc) is 3.12. The number of benzene rings is 3. The van der Waals surface area contributed by atoms with Crippen LogP contribution in [-0.4, -0.2) is 30.0 Å². The summed E-state index contributed by atoms with van der Waals surface area (Å²) < 4.78 is 11.1. The number of hydrogen-bond acceptors (Lipinski definition) is 5. The molecule has 1 saturated heterocycles. The van der Waals surface area contributed by atoms with Crippen LogP contribution in [0.25, 0.3) is 5.76 Å². The monoisotopic (exact) mass is 477 g/mol. The maximum atomic E-state index is 13.2. The molecule has 0 saturated carbocycles. The first-order valence-corrected chi connectivity index (χ1v) is 11.4. The Hall–Kier alpha value is -3.77. The lowest BCUT2D eigenvalue weighted by atomic mass is 9.95. The van der Waals surface area contributed by atoms with Gasteiger partial charge in [-0.2, -0.15) is 0 Å². The van der Waals surface area contributed by atoms with Crippen LogP contribution in [0.5, 0.6) is 11.5 Å². The Bertz CT molecular complexity index is 1240. The van der Waals surface area contributed by atoms with Crippen molar-refractivity contribution in [1.29, 1.82) is 0 Å². The number of ether oxygens (including phenoxy) is 2. The zero-order valence-electron chi connectivity index (χ0n) is 18.8. The van der Waals surface area contributed by atoms with Gasteiger partial charge >= 0.3 is 0 Å². The smallest absolute Gasteiger partial charge is 0.300 e. The number of rotatable bonds is 7. The van der Waals surface area contributed by atoms with Gasteiger partial charge in [-0.25, -0.2) is 0 Å². The molecule has 1 fully saturated rings. The Morgan fingerprint density at radius 1 is 0.941 bits per heavy atom. The molecule has 0 spiro atoms. The third-order valence-corrected chi connectivity index (χ3v) is 5.80. The van der Waals surface area contributed by atoms with Gasteiger partial charge in [0.05, 0.1) is 29.9 Å². The Labute approximate surface area is 203 Å². The number of hydrogen-bond donors (Lipinski definition) is 1. The van der Waals surface area contributed by atoms with E-state index in [9.17, 15) is 14.7 Å². The molecule has 0 bridgehead atoms. The van der Waals surface area contributed by atoms with Crippen molar-refractivity contribution in [3.05, 3.63) is 94.5 Å². The van der Waals surface area contributed by atoms with Crippen LogP contribution in [0.2, 0.25) is 5.02 Å². The molecule has 1 unspecified atom stereocenters. The normalized spacial score (nSPS) is 17.1. The SMILES string of the molecule is CCOc1ccc(C2/C(=C(/O)c3ccc(Cl)c(OCC)c3)C(=O)C(=O)N2c2ccccc2)cc1. The number of anilines is 1. The van der Waals surface area contributed by atoms with Gasteiger partial charge in [0.25, 0.3) is 11.7 Å². The largest absolute Gasteiger partial charge is 0.507 e. The highest BCUT2D eigenvalue weighted by atomic mass is 35.5. The van der Waals surface area contributed by atoms with Crippen LogP contribution in [-0.2, 0) is 9.59 Å². The fourth-order valence-electron chi connectivity index (χ4n) is 3.99. The van der Waals surface area contributed by atoms with Crippen LogP contribution in [0.4, 0.5) is 5.69 Å². The Morgan fingerprint density at radius 3 is 2.26 bits per heavy atom. The summed E-state index contributed by atoms with van der Waals surface area (Å²) >= 11 is 6.20. The summed E-state index contributed by atoms with van der Waals surface area (Å²) in [5.74, 6) is -0.739. The minimum atomic E-state index is -0.829. The average molecular weight is 478 g/mol. The Balaban J connectivity index is 1.89. The third-order valence-electron chi connectivity index (χ3n) is 5.49. The lowest BCUT2D eigenvalue weighted by Gasteiger charge is -2.25. The quantitative estimate of drug-likeness (QED) is 0.266. The Kier molecular flexibility index (Phi) is 6.89. The standard InChI is InChI=1S/C27H24ClNO5/c1-3-33-20-13-10-17(11-14-20)24-23(25(30)18-12-15-21(28)22(16-18)34-4-2)26(31)27(32)29(24)19-8-6-5-7-9-19/h5-16,24,30H,3-4H2,1-2H3/b25-23-. The van der Waals surface area contributed by atoms with E-state index in [0.29, 0.717) is 46.5 Å². The van der Waals surface area contributed by atoms with Crippen molar-refractivity contribution >= 4 is 34.7 Å². The fourth-order valence-corrected chi connectivity index (χ4v) is 4.16. The molecular formula is C27H24ClNO5. The van der Waals surface area contributed by atoms with E-state index in [-0.39, 0.29) is 11.3 Å². The number of aliphatic hydroxyl groups excluding tert-OH is 1. The number of amides is 1. The zero-order chi connectivity index (χ0) is 24.2. The van der Waals surface area contributed by atoms with Crippen molar-refractivity contribution in [2.75, 3.05) is 18.1 Å². The second-order valence-corrected chi connectivity index (χ2v) is 7.99. The summed E-state index contributed by atoms with van der Waals surface area (Å²) in [5.41, 5.74) is 1.53. The van der Waals surface area contributed by atoms with Crippen molar-refractivity contribution in [2.45, 2.75) is 19.9 Å². The molecule has 1 aliphatic rings. The van der Waals surface area contributed by atoms with Crippen LogP contribution < -0.4 is 14.4 Å². The first kappa shape index (κ1) is 23.4. The molecule has 0 radical (unpaired) electrons. The van der Waals surface area contributed by atoms with Crippen molar-refractivity contribution < 1.29 is 24.2 Å². The second-order valence-electron chi connectivity index (χ2n) is 7.58. The van der Waals surface area contributed by atoms with Gasteiger partial charge in [-0.1, -0.05) is 41.9 Å². The highest BCUT2D eigenvalue weighted by Gasteiger charge is 2.47. The number of para-hydroxylation sites is 1. The molecule has 6 nitrogen and oxygen atoms in total. The molecule has 0 aromatic heterocycles. The summed E-state index contributed by atoms with van der Waals surface area (Å²) in [6.07, 6.45) is 0. The van der Waals surface area contributed by atoms with Crippen molar-refractivity contribution in [3.8, 4) is 11.5 Å². The highest BCUT2D eigenvalue weighted by Crippen LogP contribution is 2.43. The van der Waals surface area contributed by atoms with Crippen LogP contribution in [0.1, 0.15) is 31.0 Å². The molecule has 1 N–H and O–H groups in total. The summed E-state index contributed by atoms with van der Waals surface area (Å²) in [4.78, 5) is 27.8. The van der Waals surface area contributed by atoms with Gasteiger partial charge in [0.1, 0.15) is 17.3 Å². The van der Waals surface area contributed by atoms with E-state index in [4.69, 9.17) is 21.1 Å². The van der Waals surface area contributed by atoms with Gasteiger partial charge in [0.15, 0.2) is 0 Å². The van der Waals surface area contributed by atoms with Gasteiger partial charge < -0.3 is 14.6 Å². The molecule has 1 atom stereocenters. The molecule has 7 heteroatoms. The fraction of sp³-hybridized carbons (Fsp3) is 0.185. The molecule has 1 amide bonds. The number of carbonyl (C=O) groups excluding carboxylic acids is 2. The van der Waals surface area contributed by atoms with Crippen molar-refractivity contribution in [1.82, 2.24) is 0 Å². The first-order chi connectivity index (χ1) is 16.5. The lowest BCUT2D eigenvalue weighted by molar-refractivity contribution is -0.132. The van der Waals surface area contributed by atoms with Gasteiger partial charge in [0, 0.05) is 11.3 Å². The maximum absolute atomic E-state index is 13.2. The van der Waals surface area contributed by atoms with E-state index in [1.165, 1.54) is 4.90 Å². The molecular weight excluding hydrogens is 454 g/mol. The van der Waals surface area contributed by atoms with E-state index in [2.05, 4.69) is 0 Å². The predicted octanol–water partition coefficient (Wildman–Crippen LogP) is 5.76. The number of halogens is 1. The number of aliphatic hydroxyl groups is 1. The van der Waals surface area contributed by atoms with E-state index >= 15 is 0 Å². The molecule has 34 heavy (non-hydrogen) atoms. The van der Waals surface area contributed by atoms with E-state index in [0.717, 1.165) is 0 Å². The second kappa shape index (κ2) is 10.0. The number of nitrogens with zero attached hydrogens (tertiary/aromatic N) is 1. The predicted molar refractivity (Wildman–Crippen MR) is 131 cm³/mol. The zero-order valence-corrected chi connectivity index (χ0v) is 19.6. The van der Waals surface area contributed by atoms with Gasteiger partial charge in [-0.05, 0) is 61.9 Å². The van der Waals surface area contributed by atoms with Gasteiger partial charge in [-0.3, -0.25) is 14.5 Å². The van der Waals surface area contributed by atoms with Gasteiger partial charge in [0.2, 0.25) is 0 Å². The lowest BCUT2D eigenvalue weighted by Crippen LogP contribution is -2.29. The van der Waals surface area contributed by atoms with Gasteiger partial charge in [-0.15, -0.1) is 0 Å². The molecule has 174 valence electrons. The van der Waals surface area contributed by atoms with E-state index < -0.39 is 17.7 Å². The summed E-state index contributed by atoms with van der Waals surface area (Å²) in [6, 6.07) is 20.0. The molecule has 0 aliphatic carbocycles. The van der Waals surface area contributed by atoms with Crippen LogP contribution in [0, 0.1) is 0 Å². The first-order valence-electron chi connectivity index (χ1n) is 11.0. The summed E-state index contributed by atoms with van der Waals surface area (Å²) in [5, 5.41) is 11.7. The van der Waals surface area contributed by atoms with Crippen LogP contribution >= 0.6 is 11.6 Å². The Morgan fingerprint density at radius 2 is 1.62 bits per heavy atom. The third kappa shape index (κ3) is 4.37. The molecule has 1 aliphatic heterocycles.